The number of carbonyl (C=O) groups is 1. The lowest BCUT2D eigenvalue weighted by molar-refractivity contribution is 0.0654. The van der Waals surface area contributed by atoms with Gasteiger partial charge in [-0.15, -0.1) is 4.91 Å². The van der Waals surface area contributed by atoms with Crippen LogP contribution < -0.4 is 5.56 Å². The van der Waals surface area contributed by atoms with E-state index in [1.165, 1.54) is 21.6 Å². The van der Waals surface area contributed by atoms with Crippen LogP contribution in [0.5, 0.6) is 0 Å². The van der Waals surface area contributed by atoms with Gasteiger partial charge in [-0.3, -0.25) is 9.59 Å². The van der Waals surface area contributed by atoms with Gasteiger partial charge in [0.2, 0.25) is 5.69 Å². The molecule has 1 aromatic heterocycles. The lowest BCUT2D eigenvalue weighted by Gasteiger charge is -2.37. The van der Waals surface area contributed by atoms with Crippen LogP contribution in [0.3, 0.4) is 0 Å². The molecule has 0 radical (unpaired) electrons. The second-order valence-electron chi connectivity index (χ2n) is 9.21. The fourth-order valence-corrected chi connectivity index (χ4v) is 5.40. The van der Waals surface area contributed by atoms with Crippen molar-refractivity contribution in [2.45, 2.75) is 70.4 Å². The molecular formula is C24H27N5O3. The Hall–Kier alpha value is -3.34. The van der Waals surface area contributed by atoms with Crippen molar-refractivity contribution < 1.29 is 4.79 Å². The first kappa shape index (κ1) is 21.9. The van der Waals surface area contributed by atoms with E-state index in [-0.39, 0.29) is 23.6 Å². The van der Waals surface area contributed by atoms with Crippen molar-refractivity contribution >= 4 is 11.6 Å². The van der Waals surface area contributed by atoms with E-state index in [4.69, 9.17) is 0 Å². The summed E-state index contributed by atoms with van der Waals surface area (Å²) in [5.74, 6) is 0.0153. The third-order valence-electron chi connectivity index (χ3n) is 7.01. The summed E-state index contributed by atoms with van der Waals surface area (Å²) in [7, 11) is 1.58. The summed E-state index contributed by atoms with van der Waals surface area (Å²) in [5.41, 5.74) is 2.17. The van der Waals surface area contributed by atoms with Gasteiger partial charge in [0.25, 0.3) is 5.91 Å². The fourth-order valence-electron chi connectivity index (χ4n) is 5.40. The van der Waals surface area contributed by atoms with Gasteiger partial charge in [-0.2, -0.15) is 10.2 Å². The Morgan fingerprint density at radius 1 is 1.19 bits per heavy atom. The van der Waals surface area contributed by atoms with Gasteiger partial charge in [-0.25, -0.2) is 0 Å². The number of aryl methyl sites for hydroxylation is 2. The predicted octanol–water partition coefficient (Wildman–Crippen LogP) is 3.68. The van der Waals surface area contributed by atoms with E-state index >= 15 is 0 Å². The molecule has 8 heteroatoms. The molecule has 8 nitrogen and oxygen atoms in total. The van der Waals surface area contributed by atoms with E-state index in [2.05, 4.69) is 48.3 Å². The molecule has 1 aliphatic heterocycles. The highest BCUT2D eigenvalue weighted by Gasteiger charge is 2.40. The van der Waals surface area contributed by atoms with Crippen LogP contribution in [0.4, 0.5) is 5.69 Å². The lowest BCUT2D eigenvalue weighted by atomic mass is 9.75. The highest BCUT2D eigenvalue weighted by atomic mass is 16.3. The van der Waals surface area contributed by atoms with E-state index in [1.54, 1.807) is 11.6 Å². The molecule has 1 aliphatic carbocycles. The smallest absolute Gasteiger partial charge is 0.303 e. The summed E-state index contributed by atoms with van der Waals surface area (Å²) in [6, 6.07) is 8.31. The number of carbonyl (C=O) groups excluding carboxylic acids is 1. The number of nitriles is 1. The molecule has 1 aromatic carbocycles. The number of rotatable bonds is 5. The second kappa shape index (κ2) is 8.30. The minimum Gasteiger partial charge on any atom is -0.335 e. The lowest BCUT2D eigenvalue weighted by Crippen LogP contribution is -2.48. The summed E-state index contributed by atoms with van der Waals surface area (Å²) in [4.78, 5) is 42.9. The summed E-state index contributed by atoms with van der Waals surface area (Å²) in [5, 5.41) is 12.1. The van der Waals surface area contributed by atoms with Crippen LogP contribution in [0.15, 0.2) is 28.2 Å². The Balaban J connectivity index is 1.88. The van der Waals surface area contributed by atoms with Crippen molar-refractivity contribution in [3.63, 3.8) is 0 Å². The quantitative estimate of drug-likeness (QED) is 0.668. The molecule has 32 heavy (non-hydrogen) atoms. The van der Waals surface area contributed by atoms with Crippen LogP contribution in [0, 0.1) is 30.1 Å². The largest absolute Gasteiger partial charge is 0.335 e. The van der Waals surface area contributed by atoms with Crippen LogP contribution in [0.25, 0.3) is 0 Å². The second-order valence-corrected chi connectivity index (χ2v) is 9.21. The molecular weight excluding hydrogens is 406 g/mol. The normalized spacial score (nSPS) is 19.5. The van der Waals surface area contributed by atoms with E-state index in [0.29, 0.717) is 18.8 Å². The topological polar surface area (TPSA) is 108 Å². The molecule has 1 amide bonds. The molecule has 2 aromatic rings. The number of nitroso groups, excluding NO2 is 1. The van der Waals surface area contributed by atoms with Crippen molar-refractivity contribution in [2.24, 2.45) is 5.18 Å². The van der Waals surface area contributed by atoms with Gasteiger partial charge in [0.15, 0.2) is 0 Å². The molecule has 2 heterocycles. The van der Waals surface area contributed by atoms with E-state index in [1.807, 2.05) is 0 Å². The van der Waals surface area contributed by atoms with Crippen molar-refractivity contribution in [3.8, 4) is 6.07 Å². The SMILES string of the molecule is Cc1cc(C)cc(C2(Cc3nc(=O)c(N=O)c4n3C[C@H](CC#N)N(C)C4=O)CCCC2)c1. The van der Waals surface area contributed by atoms with Gasteiger partial charge in [0.1, 0.15) is 11.5 Å². The standard InChI is InChI=1S/C24H27N5O3/c1-15-10-16(2)12-17(11-15)24(7-4-5-8-24)13-19-26-22(30)20(27-32)21-23(31)28(3)18(6-9-25)14-29(19)21/h10-12,18H,4-8,13-14H2,1-3H3/t18-/m0/s1. The average Bonchev–Trinajstić information content (AvgIpc) is 3.22. The Labute approximate surface area is 186 Å². The summed E-state index contributed by atoms with van der Waals surface area (Å²) in [6.07, 6.45) is 4.73. The number of aromatic nitrogens is 2. The van der Waals surface area contributed by atoms with Gasteiger partial charge in [0, 0.05) is 25.4 Å². The molecule has 166 valence electrons. The number of benzene rings is 1. The maximum Gasteiger partial charge on any atom is 0.303 e. The van der Waals surface area contributed by atoms with Crippen molar-refractivity contribution in [1.29, 1.82) is 5.26 Å². The first-order valence-electron chi connectivity index (χ1n) is 11.0. The maximum absolute atomic E-state index is 13.1. The van der Waals surface area contributed by atoms with Gasteiger partial charge in [0.05, 0.1) is 18.5 Å². The number of fused-ring (bicyclic) bond motifs is 1. The highest BCUT2D eigenvalue weighted by Crippen LogP contribution is 2.44. The van der Waals surface area contributed by atoms with Gasteiger partial charge < -0.3 is 9.47 Å². The number of nitrogens with zero attached hydrogens (tertiary/aromatic N) is 5. The molecule has 1 fully saturated rings. The monoisotopic (exact) mass is 433 g/mol. The molecule has 0 bridgehead atoms. The Kier molecular flexibility index (Phi) is 5.68. The van der Waals surface area contributed by atoms with Crippen LogP contribution in [-0.4, -0.2) is 33.4 Å². The van der Waals surface area contributed by atoms with Gasteiger partial charge >= 0.3 is 5.56 Å². The van der Waals surface area contributed by atoms with Crippen LogP contribution in [-0.2, 0) is 18.4 Å². The molecule has 4 rings (SSSR count). The van der Waals surface area contributed by atoms with Gasteiger partial charge in [-0.1, -0.05) is 42.2 Å². The minimum absolute atomic E-state index is 0.0136. The fraction of sp³-hybridized carbons (Fsp3) is 0.500. The third-order valence-corrected chi connectivity index (χ3v) is 7.01. The first-order chi connectivity index (χ1) is 15.3. The van der Waals surface area contributed by atoms with Gasteiger partial charge in [-0.05, 0) is 37.4 Å². The summed E-state index contributed by atoms with van der Waals surface area (Å²) >= 11 is 0. The number of hydrogen-bond acceptors (Lipinski definition) is 6. The number of hydrogen-bond donors (Lipinski definition) is 0. The number of amides is 1. The van der Waals surface area contributed by atoms with Crippen LogP contribution >= 0.6 is 0 Å². The highest BCUT2D eigenvalue weighted by molar-refractivity contribution is 5.97. The van der Waals surface area contributed by atoms with Crippen molar-refractivity contribution in [3.05, 3.63) is 61.7 Å². The minimum atomic E-state index is -0.768. The summed E-state index contributed by atoms with van der Waals surface area (Å²) in [6.45, 7) is 4.46. The van der Waals surface area contributed by atoms with E-state index < -0.39 is 17.2 Å². The molecule has 0 N–H and O–H groups in total. The van der Waals surface area contributed by atoms with Crippen LogP contribution in [0.1, 0.15) is 65.1 Å². The molecule has 2 aliphatic rings. The molecule has 0 unspecified atom stereocenters. The Morgan fingerprint density at radius 2 is 1.84 bits per heavy atom. The van der Waals surface area contributed by atoms with Crippen LogP contribution in [0.2, 0.25) is 0 Å². The molecule has 1 saturated carbocycles. The maximum atomic E-state index is 13.1. The predicted molar refractivity (Wildman–Crippen MR) is 120 cm³/mol. The van der Waals surface area contributed by atoms with Crippen molar-refractivity contribution in [2.75, 3.05) is 7.05 Å². The molecule has 0 saturated heterocycles. The first-order valence-corrected chi connectivity index (χ1v) is 11.0. The zero-order chi connectivity index (χ0) is 23.0. The Bertz CT molecular complexity index is 1170. The molecule has 0 spiro atoms. The Morgan fingerprint density at radius 3 is 2.44 bits per heavy atom. The number of likely N-dealkylation sites (N-methyl/N-ethyl adjacent to an activating group) is 1. The summed E-state index contributed by atoms with van der Waals surface area (Å²) < 4.78 is 1.67. The third kappa shape index (κ3) is 3.62. The van der Waals surface area contributed by atoms with Crippen molar-refractivity contribution in [1.82, 2.24) is 14.5 Å². The van der Waals surface area contributed by atoms with E-state index in [9.17, 15) is 19.8 Å². The van der Waals surface area contributed by atoms with E-state index in [0.717, 1.165) is 25.7 Å². The molecule has 1 atom stereocenters. The zero-order valence-electron chi connectivity index (χ0n) is 18.7. The zero-order valence-corrected chi connectivity index (χ0v) is 18.7. The average molecular weight is 434 g/mol.